The summed E-state index contributed by atoms with van der Waals surface area (Å²) in [5, 5.41) is 2.75. The second-order valence-electron chi connectivity index (χ2n) is 4.88. The fourth-order valence-corrected chi connectivity index (χ4v) is 3.94. The minimum Gasteiger partial charge on any atom is -0.289 e. The van der Waals surface area contributed by atoms with Crippen molar-refractivity contribution < 1.29 is 4.79 Å². The van der Waals surface area contributed by atoms with Crippen molar-refractivity contribution in [1.29, 1.82) is 0 Å². The molecule has 2 heterocycles. The molecule has 0 radical (unpaired) electrons. The molecule has 0 aliphatic carbocycles. The molecule has 3 nitrogen and oxygen atoms in total. The standard InChI is InChI=1S/C15H15ClN2OS/c1-10(19)17-18-7-6-14-11(9-18)8-15(20-14)12-4-2-3-5-13(12)16/h2-5,8H,6-7,9H2,1H3,(H,17,19). The Bertz CT molecular complexity index is 653. The molecule has 3 rings (SSSR count). The number of halogens is 1. The van der Waals surface area contributed by atoms with E-state index in [1.165, 1.54) is 22.2 Å². The number of nitrogens with one attached hydrogen (secondary N) is 1. The third-order valence-electron chi connectivity index (χ3n) is 3.32. The second kappa shape index (κ2) is 5.56. The molecular weight excluding hydrogens is 292 g/mol. The van der Waals surface area contributed by atoms with E-state index in [-0.39, 0.29) is 5.91 Å². The zero-order chi connectivity index (χ0) is 14.1. The highest BCUT2D eigenvalue weighted by atomic mass is 35.5. The molecule has 2 aromatic rings. The molecule has 0 unspecified atom stereocenters. The first-order chi connectivity index (χ1) is 9.63. The van der Waals surface area contributed by atoms with Crippen molar-refractivity contribution in [2.75, 3.05) is 6.54 Å². The summed E-state index contributed by atoms with van der Waals surface area (Å²) in [5.41, 5.74) is 5.22. The van der Waals surface area contributed by atoms with Crippen molar-refractivity contribution in [3.8, 4) is 10.4 Å². The molecule has 0 atom stereocenters. The number of carbonyl (C=O) groups is 1. The van der Waals surface area contributed by atoms with Crippen LogP contribution in [-0.2, 0) is 17.8 Å². The average Bonchev–Trinajstić information content (AvgIpc) is 2.81. The zero-order valence-corrected chi connectivity index (χ0v) is 12.7. The lowest BCUT2D eigenvalue weighted by Crippen LogP contribution is -2.43. The van der Waals surface area contributed by atoms with Gasteiger partial charge in [0.15, 0.2) is 0 Å². The number of hydrogen-bond acceptors (Lipinski definition) is 3. The molecular formula is C15H15ClN2OS. The van der Waals surface area contributed by atoms with Crippen LogP contribution in [0.25, 0.3) is 10.4 Å². The number of benzene rings is 1. The SMILES string of the molecule is CC(=O)NN1CCc2sc(-c3ccccc3Cl)cc2C1. The van der Waals surface area contributed by atoms with Crippen LogP contribution < -0.4 is 5.43 Å². The number of nitrogens with zero attached hydrogens (tertiary/aromatic N) is 1. The van der Waals surface area contributed by atoms with Gasteiger partial charge in [0.05, 0.1) is 0 Å². The molecule has 0 fully saturated rings. The Hall–Kier alpha value is -1.36. The van der Waals surface area contributed by atoms with Crippen LogP contribution >= 0.6 is 22.9 Å². The monoisotopic (exact) mass is 306 g/mol. The first kappa shape index (κ1) is 13.6. The maximum atomic E-state index is 11.1. The molecule has 1 N–H and O–H groups in total. The predicted octanol–water partition coefficient (Wildman–Crippen LogP) is 3.48. The smallest absolute Gasteiger partial charge is 0.231 e. The van der Waals surface area contributed by atoms with Gasteiger partial charge in [-0.3, -0.25) is 10.2 Å². The third-order valence-corrected chi connectivity index (χ3v) is 4.92. The maximum Gasteiger partial charge on any atom is 0.231 e. The molecule has 5 heteroatoms. The number of thiophene rings is 1. The highest BCUT2D eigenvalue weighted by Gasteiger charge is 2.20. The summed E-state index contributed by atoms with van der Waals surface area (Å²) in [4.78, 5) is 13.7. The first-order valence-electron chi connectivity index (χ1n) is 6.52. The summed E-state index contributed by atoms with van der Waals surface area (Å²) in [6, 6.07) is 10.1. The number of fused-ring (bicyclic) bond motifs is 1. The van der Waals surface area contributed by atoms with Gasteiger partial charge in [0, 0.05) is 40.4 Å². The van der Waals surface area contributed by atoms with Crippen molar-refractivity contribution in [2.24, 2.45) is 0 Å². The van der Waals surface area contributed by atoms with Gasteiger partial charge in [0.2, 0.25) is 5.91 Å². The fourth-order valence-electron chi connectivity index (χ4n) is 2.44. The molecule has 104 valence electrons. The van der Waals surface area contributed by atoms with E-state index in [0.29, 0.717) is 0 Å². The topological polar surface area (TPSA) is 32.3 Å². The molecule has 20 heavy (non-hydrogen) atoms. The molecule has 1 aliphatic rings. The van der Waals surface area contributed by atoms with E-state index in [9.17, 15) is 4.79 Å². The normalized spacial score (nSPS) is 14.9. The quantitative estimate of drug-likeness (QED) is 0.921. The second-order valence-corrected chi connectivity index (χ2v) is 6.42. The third kappa shape index (κ3) is 2.73. The predicted molar refractivity (Wildman–Crippen MR) is 82.7 cm³/mol. The molecule has 0 spiro atoms. The van der Waals surface area contributed by atoms with Crippen LogP contribution in [0.3, 0.4) is 0 Å². The summed E-state index contributed by atoms with van der Waals surface area (Å²) < 4.78 is 0. The van der Waals surface area contributed by atoms with Gasteiger partial charge in [-0.05, 0) is 24.1 Å². The highest BCUT2D eigenvalue weighted by Crippen LogP contribution is 2.37. The largest absolute Gasteiger partial charge is 0.289 e. The minimum atomic E-state index is -0.0185. The molecule has 1 amide bonds. The molecule has 0 saturated heterocycles. The number of amides is 1. The molecule has 1 aromatic heterocycles. The van der Waals surface area contributed by atoms with Gasteiger partial charge in [-0.1, -0.05) is 29.8 Å². The van der Waals surface area contributed by atoms with E-state index < -0.39 is 0 Å². The Morgan fingerprint density at radius 3 is 2.95 bits per heavy atom. The lowest BCUT2D eigenvalue weighted by atomic mass is 10.1. The summed E-state index contributed by atoms with van der Waals surface area (Å²) in [7, 11) is 0. The minimum absolute atomic E-state index is 0.0185. The number of rotatable bonds is 2. The van der Waals surface area contributed by atoms with Gasteiger partial charge in [-0.2, -0.15) is 0 Å². The van der Waals surface area contributed by atoms with Crippen LogP contribution in [-0.4, -0.2) is 17.5 Å². The molecule has 0 saturated carbocycles. The Morgan fingerprint density at radius 1 is 1.40 bits per heavy atom. The van der Waals surface area contributed by atoms with Gasteiger partial charge in [-0.25, -0.2) is 5.01 Å². The number of hydrogen-bond donors (Lipinski definition) is 1. The van der Waals surface area contributed by atoms with E-state index in [0.717, 1.165) is 30.1 Å². The Morgan fingerprint density at radius 2 is 2.20 bits per heavy atom. The van der Waals surface area contributed by atoms with Crippen molar-refractivity contribution >= 4 is 28.8 Å². The molecule has 1 aliphatic heterocycles. The summed E-state index contributed by atoms with van der Waals surface area (Å²) in [6.45, 7) is 3.16. The summed E-state index contributed by atoms with van der Waals surface area (Å²) in [6.07, 6.45) is 0.963. The Kier molecular flexibility index (Phi) is 3.78. The van der Waals surface area contributed by atoms with Crippen LogP contribution in [0.1, 0.15) is 17.4 Å². The summed E-state index contributed by atoms with van der Waals surface area (Å²) >= 11 is 8.06. The van der Waals surface area contributed by atoms with Crippen LogP contribution in [0.4, 0.5) is 0 Å². The first-order valence-corrected chi connectivity index (χ1v) is 7.71. The number of hydrazine groups is 1. The van der Waals surface area contributed by atoms with Gasteiger partial charge in [0.1, 0.15) is 0 Å². The summed E-state index contributed by atoms with van der Waals surface area (Å²) in [5.74, 6) is -0.0185. The van der Waals surface area contributed by atoms with E-state index in [4.69, 9.17) is 11.6 Å². The van der Waals surface area contributed by atoms with Crippen molar-refractivity contribution in [1.82, 2.24) is 10.4 Å². The van der Waals surface area contributed by atoms with Gasteiger partial charge < -0.3 is 0 Å². The van der Waals surface area contributed by atoms with E-state index in [1.807, 2.05) is 29.3 Å². The van der Waals surface area contributed by atoms with Crippen molar-refractivity contribution in [2.45, 2.75) is 19.9 Å². The van der Waals surface area contributed by atoms with Crippen molar-refractivity contribution in [3.05, 3.63) is 45.8 Å². The number of carbonyl (C=O) groups excluding carboxylic acids is 1. The highest BCUT2D eigenvalue weighted by molar-refractivity contribution is 7.15. The lowest BCUT2D eigenvalue weighted by molar-refractivity contribution is -0.124. The van der Waals surface area contributed by atoms with Gasteiger partial charge >= 0.3 is 0 Å². The molecule has 0 bridgehead atoms. The van der Waals surface area contributed by atoms with Crippen LogP contribution in [0.5, 0.6) is 0 Å². The zero-order valence-electron chi connectivity index (χ0n) is 11.1. The Labute approximate surface area is 127 Å². The van der Waals surface area contributed by atoms with Crippen molar-refractivity contribution in [3.63, 3.8) is 0 Å². The van der Waals surface area contributed by atoms with E-state index in [1.54, 1.807) is 11.3 Å². The lowest BCUT2D eigenvalue weighted by Gasteiger charge is -2.26. The van der Waals surface area contributed by atoms with E-state index in [2.05, 4.69) is 11.5 Å². The van der Waals surface area contributed by atoms with Gasteiger partial charge in [-0.15, -0.1) is 11.3 Å². The van der Waals surface area contributed by atoms with Gasteiger partial charge in [0.25, 0.3) is 0 Å². The van der Waals surface area contributed by atoms with Crippen LogP contribution in [0.15, 0.2) is 30.3 Å². The average molecular weight is 307 g/mol. The Balaban J connectivity index is 1.87. The maximum absolute atomic E-state index is 11.1. The van der Waals surface area contributed by atoms with Crippen LogP contribution in [0.2, 0.25) is 5.02 Å². The van der Waals surface area contributed by atoms with E-state index >= 15 is 0 Å². The fraction of sp³-hybridized carbons (Fsp3) is 0.267. The van der Waals surface area contributed by atoms with Crippen LogP contribution in [0, 0.1) is 0 Å². The molecule has 1 aromatic carbocycles.